The van der Waals surface area contributed by atoms with E-state index in [2.05, 4.69) is 5.32 Å². The number of primary amides is 1. The molecule has 2 fully saturated rings. The standard InChI is InChI=1S/C10H16N2O2/c11-8(13)5-7-10(3-1-2-4-10)6-9(14)12-7/h7H,1-6H2,(H2,11,13)(H,12,14). The van der Waals surface area contributed by atoms with Crippen LogP contribution in [0.5, 0.6) is 0 Å². The molecule has 14 heavy (non-hydrogen) atoms. The van der Waals surface area contributed by atoms with Crippen LogP contribution in [0, 0.1) is 5.41 Å². The number of nitrogens with one attached hydrogen (secondary N) is 1. The summed E-state index contributed by atoms with van der Waals surface area (Å²) in [5.41, 5.74) is 5.23. The SMILES string of the molecule is NC(=O)CC1NC(=O)CC12CCCC2. The van der Waals surface area contributed by atoms with Crippen molar-refractivity contribution >= 4 is 11.8 Å². The molecule has 1 atom stereocenters. The van der Waals surface area contributed by atoms with Crippen molar-refractivity contribution in [2.24, 2.45) is 11.1 Å². The average Bonchev–Trinajstić information content (AvgIpc) is 2.61. The molecule has 0 aromatic carbocycles. The molecule has 0 radical (unpaired) electrons. The van der Waals surface area contributed by atoms with Crippen LogP contribution in [0.4, 0.5) is 0 Å². The molecule has 1 heterocycles. The Morgan fingerprint density at radius 2 is 2.14 bits per heavy atom. The van der Waals surface area contributed by atoms with Gasteiger partial charge in [0.2, 0.25) is 11.8 Å². The molecule has 78 valence electrons. The molecular formula is C10H16N2O2. The molecule has 3 N–H and O–H groups in total. The number of nitrogens with two attached hydrogens (primary N) is 1. The average molecular weight is 196 g/mol. The van der Waals surface area contributed by atoms with Gasteiger partial charge in [0.15, 0.2) is 0 Å². The largest absolute Gasteiger partial charge is 0.370 e. The summed E-state index contributed by atoms with van der Waals surface area (Å²) in [4.78, 5) is 22.2. The van der Waals surface area contributed by atoms with Gasteiger partial charge in [0.05, 0.1) is 0 Å². The second-order valence-electron chi connectivity index (χ2n) is 4.54. The van der Waals surface area contributed by atoms with E-state index in [1.807, 2.05) is 0 Å². The minimum absolute atomic E-state index is 0.00463. The van der Waals surface area contributed by atoms with E-state index < -0.39 is 0 Å². The van der Waals surface area contributed by atoms with E-state index in [0.29, 0.717) is 12.8 Å². The van der Waals surface area contributed by atoms with Crippen molar-refractivity contribution in [3.05, 3.63) is 0 Å². The van der Waals surface area contributed by atoms with Gasteiger partial charge in [0.25, 0.3) is 0 Å². The Bertz CT molecular complexity index is 269. The summed E-state index contributed by atoms with van der Waals surface area (Å²) in [6, 6.07) is -0.00463. The van der Waals surface area contributed by atoms with Crippen LogP contribution in [0.2, 0.25) is 0 Å². The fraction of sp³-hybridized carbons (Fsp3) is 0.800. The van der Waals surface area contributed by atoms with Gasteiger partial charge in [-0.3, -0.25) is 9.59 Å². The van der Waals surface area contributed by atoms with Gasteiger partial charge in [0.1, 0.15) is 0 Å². The zero-order chi connectivity index (χ0) is 10.2. The Kier molecular flexibility index (Phi) is 2.21. The molecule has 4 heteroatoms. The second-order valence-corrected chi connectivity index (χ2v) is 4.54. The van der Waals surface area contributed by atoms with Crippen LogP contribution in [0.3, 0.4) is 0 Å². The highest BCUT2D eigenvalue weighted by Gasteiger charge is 2.48. The van der Waals surface area contributed by atoms with Gasteiger partial charge in [-0.05, 0) is 18.3 Å². The van der Waals surface area contributed by atoms with Crippen LogP contribution >= 0.6 is 0 Å². The van der Waals surface area contributed by atoms with Crippen LogP contribution in [0.15, 0.2) is 0 Å². The third-order valence-corrected chi connectivity index (χ3v) is 3.59. The van der Waals surface area contributed by atoms with Crippen molar-refractivity contribution in [1.29, 1.82) is 0 Å². The fourth-order valence-electron chi connectivity index (χ4n) is 2.91. The summed E-state index contributed by atoms with van der Waals surface area (Å²) in [6.45, 7) is 0. The molecule has 0 aromatic rings. The zero-order valence-corrected chi connectivity index (χ0v) is 8.21. The van der Waals surface area contributed by atoms with Gasteiger partial charge in [-0.1, -0.05) is 12.8 Å². The maximum atomic E-state index is 11.3. The lowest BCUT2D eigenvalue weighted by molar-refractivity contribution is -0.119. The first kappa shape index (κ1) is 9.49. The molecule has 0 aromatic heterocycles. The topological polar surface area (TPSA) is 72.2 Å². The highest BCUT2D eigenvalue weighted by molar-refractivity contribution is 5.82. The van der Waals surface area contributed by atoms with Crippen LogP contribution in [0.25, 0.3) is 0 Å². The van der Waals surface area contributed by atoms with Crippen molar-refractivity contribution < 1.29 is 9.59 Å². The Morgan fingerprint density at radius 3 is 2.71 bits per heavy atom. The van der Waals surface area contributed by atoms with Gasteiger partial charge in [-0.2, -0.15) is 0 Å². The minimum atomic E-state index is -0.316. The first-order valence-electron chi connectivity index (χ1n) is 5.20. The molecule has 1 saturated heterocycles. The van der Waals surface area contributed by atoms with Crippen LogP contribution in [-0.2, 0) is 9.59 Å². The molecule has 0 bridgehead atoms. The number of amides is 2. The smallest absolute Gasteiger partial charge is 0.220 e. The number of hydrogen-bond donors (Lipinski definition) is 2. The summed E-state index contributed by atoms with van der Waals surface area (Å²) in [5.74, 6) is -0.235. The molecule has 1 aliphatic heterocycles. The lowest BCUT2D eigenvalue weighted by Gasteiger charge is -2.28. The van der Waals surface area contributed by atoms with E-state index in [1.165, 1.54) is 12.8 Å². The number of rotatable bonds is 2. The molecule has 4 nitrogen and oxygen atoms in total. The molecule has 2 aliphatic rings. The summed E-state index contributed by atoms with van der Waals surface area (Å²) in [7, 11) is 0. The molecule has 1 unspecified atom stereocenters. The highest BCUT2D eigenvalue weighted by Crippen LogP contribution is 2.47. The van der Waals surface area contributed by atoms with Gasteiger partial charge >= 0.3 is 0 Å². The maximum Gasteiger partial charge on any atom is 0.220 e. The molecule has 2 rings (SSSR count). The number of carbonyl (C=O) groups is 2. The molecule has 2 amide bonds. The fourth-order valence-corrected chi connectivity index (χ4v) is 2.91. The summed E-state index contributed by atoms with van der Waals surface area (Å²) in [5, 5.41) is 2.88. The summed E-state index contributed by atoms with van der Waals surface area (Å²) in [6.07, 6.45) is 5.35. The maximum absolute atomic E-state index is 11.3. The predicted molar refractivity (Wildman–Crippen MR) is 51.3 cm³/mol. The van der Waals surface area contributed by atoms with Crippen LogP contribution < -0.4 is 11.1 Å². The van der Waals surface area contributed by atoms with E-state index in [0.717, 1.165) is 12.8 Å². The highest BCUT2D eigenvalue weighted by atomic mass is 16.2. The van der Waals surface area contributed by atoms with E-state index in [9.17, 15) is 9.59 Å². The van der Waals surface area contributed by atoms with E-state index in [4.69, 9.17) is 5.73 Å². The van der Waals surface area contributed by atoms with Crippen molar-refractivity contribution in [1.82, 2.24) is 5.32 Å². The number of carbonyl (C=O) groups excluding carboxylic acids is 2. The third kappa shape index (κ3) is 1.49. The normalized spacial score (nSPS) is 29.4. The minimum Gasteiger partial charge on any atom is -0.370 e. The first-order chi connectivity index (χ1) is 6.62. The number of hydrogen-bond acceptors (Lipinski definition) is 2. The molecule has 1 saturated carbocycles. The summed E-state index contributed by atoms with van der Waals surface area (Å²) < 4.78 is 0. The van der Waals surface area contributed by atoms with Gasteiger partial charge < -0.3 is 11.1 Å². The van der Waals surface area contributed by atoms with Gasteiger partial charge in [0, 0.05) is 18.9 Å². The molecular weight excluding hydrogens is 180 g/mol. The lowest BCUT2D eigenvalue weighted by atomic mass is 9.77. The quantitative estimate of drug-likeness (QED) is 0.667. The van der Waals surface area contributed by atoms with E-state index in [-0.39, 0.29) is 23.3 Å². The second kappa shape index (κ2) is 3.26. The van der Waals surface area contributed by atoms with Gasteiger partial charge in [-0.15, -0.1) is 0 Å². The Morgan fingerprint density at radius 1 is 1.50 bits per heavy atom. The van der Waals surface area contributed by atoms with E-state index >= 15 is 0 Å². The molecule has 1 aliphatic carbocycles. The summed E-state index contributed by atoms with van der Waals surface area (Å²) >= 11 is 0. The van der Waals surface area contributed by atoms with Crippen molar-refractivity contribution in [2.45, 2.75) is 44.6 Å². The van der Waals surface area contributed by atoms with Crippen LogP contribution in [-0.4, -0.2) is 17.9 Å². The monoisotopic (exact) mass is 196 g/mol. The third-order valence-electron chi connectivity index (χ3n) is 3.59. The zero-order valence-electron chi connectivity index (χ0n) is 8.21. The first-order valence-corrected chi connectivity index (χ1v) is 5.20. The Hall–Kier alpha value is -1.06. The van der Waals surface area contributed by atoms with Crippen LogP contribution in [0.1, 0.15) is 38.5 Å². The van der Waals surface area contributed by atoms with Crippen molar-refractivity contribution in [3.63, 3.8) is 0 Å². The van der Waals surface area contributed by atoms with Gasteiger partial charge in [-0.25, -0.2) is 0 Å². The van der Waals surface area contributed by atoms with Crippen molar-refractivity contribution in [3.8, 4) is 0 Å². The molecule has 1 spiro atoms. The Labute approximate surface area is 83.2 Å². The van der Waals surface area contributed by atoms with E-state index in [1.54, 1.807) is 0 Å². The Balaban J connectivity index is 2.13. The van der Waals surface area contributed by atoms with Crippen molar-refractivity contribution in [2.75, 3.05) is 0 Å². The predicted octanol–water partition coefficient (Wildman–Crippen LogP) is 0.311. The lowest BCUT2D eigenvalue weighted by Crippen LogP contribution is -2.39.